The minimum Gasteiger partial charge on any atom is -0.260 e. The number of benzene rings is 1. The summed E-state index contributed by atoms with van der Waals surface area (Å²) in [6.45, 7) is 5.67. The van der Waals surface area contributed by atoms with Gasteiger partial charge in [-0.1, -0.05) is 30.9 Å². The van der Waals surface area contributed by atoms with Crippen molar-refractivity contribution in [1.29, 1.82) is 0 Å². The van der Waals surface area contributed by atoms with Crippen molar-refractivity contribution in [3.63, 3.8) is 0 Å². The summed E-state index contributed by atoms with van der Waals surface area (Å²) in [5.74, 6) is 0. The van der Waals surface area contributed by atoms with Gasteiger partial charge >= 0.3 is 6.18 Å². The molecule has 2 aromatic rings. The van der Waals surface area contributed by atoms with E-state index in [4.69, 9.17) is 0 Å². The van der Waals surface area contributed by atoms with Crippen LogP contribution in [-0.2, 0) is 12.6 Å². The highest BCUT2D eigenvalue weighted by molar-refractivity contribution is 5.50. The maximum absolute atomic E-state index is 12.5. The number of hydrogen-bond donors (Lipinski definition) is 0. The van der Waals surface area contributed by atoms with Gasteiger partial charge in [0, 0.05) is 18.3 Å². The van der Waals surface area contributed by atoms with Crippen LogP contribution >= 0.6 is 0 Å². The second kappa shape index (κ2) is 5.49. The highest BCUT2D eigenvalue weighted by Crippen LogP contribution is 2.28. The van der Waals surface area contributed by atoms with Crippen molar-refractivity contribution in [3.05, 3.63) is 71.1 Å². The average Bonchev–Trinajstić information content (AvgIpc) is 2.41. The van der Waals surface area contributed by atoms with Crippen molar-refractivity contribution in [2.24, 2.45) is 0 Å². The predicted octanol–water partition coefficient (Wildman–Crippen LogP) is 4.64. The van der Waals surface area contributed by atoms with Crippen molar-refractivity contribution in [1.82, 2.24) is 4.98 Å². The molecule has 0 fully saturated rings. The molecule has 0 bridgehead atoms. The maximum Gasteiger partial charge on any atom is 0.417 e. The molecule has 1 nitrogen and oxygen atoms in total. The minimum absolute atomic E-state index is 0.506. The SMILES string of the molecule is C=Cc1ccc(C)c(Cc2ccc(C(F)(F)F)cn2)c1. The van der Waals surface area contributed by atoms with Crippen molar-refractivity contribution in [2.75, 3.05) is 0 Å². The largest absolute Gasteiger partial charge is 0.417 e. The summed E-state index contributed by atoms with van der Waals surface area (Å²) in [7, 11) is 0. The molecule has 1 aromatic carbocycles. The number of hydrogen-bond acceptors (Lipinski definition) is 1. The minimum atomic E-state index is -4.34. The molecule has 2 rings (SSSR count). The van der Waals surface area contributed by atoms with Crippen molar-refractivity contribution < 1.29 is 13.2 Å². The summed E-state index contributed by atoms with van der Waals surface area (Å²) < 4.78 is 37.4. The van der Waals surface area contributed by atoms with E-state index in [-0.39, 0.29) is 0 Å². The van der Waals surface area contributed by atoms with Crippen LogP contribution in [0, 0.1) is 6.92 Å². The third-order valence-electron chi connectivity index (χ3n) is 3.13. The molecule has 0 saturated heterocycles. The Kier molecular flexibility index (Phi) is 3.93. The van der Waals surface area contributed by atoms with E-state index in [2.05, 4.69) is 11.6 Å². The molecule has 1 heterocycles. The first-order chi connectivity index (χ1) is 9.40. The molecule has 1 aromatic heterocycles. The second-order valence-electron chi connectivity index (χ2n) is 4.60. The number of aromatic nitrogens is 1. The van der Waals surface area contributed by atoms with Gasteiger partial charge in [-0.2, -0.15) is 13.2 Å². The number of halogens is 3. The Labute approximate surface area is 115 Å². The third-order valence-corrected chi connectivity index (χ3v) is 3.13. The van der Waals surface area contributed by atoms with Gasteiger partial charge in [0.25, 0.3) is 0 Å². The molecule has 0 aliphatic carbocycles. The fourth-order valence-corrected chi connectivity index (χ4v) is 1.90. The summed E-state index contributed by atoms with van der Waals surface area (Å²) in [4.78, 5) is 3.89. The first kappa shape index (κ1) is 14.3. The van der Waals surface area contributed by atoms with Gasteiger partial charge in [-0.15, -0.1) is 0 Å². The average molecular weight is 277 g/mol. The summed E-state index contributed by atoms with van der Waals surface area (Å²) >= 11 is 0. The lowest BCUT2D eigenvalue weighted by Gasteiger charge is -2.09. The fourth-order valence-electron chi connectivity index (χ4n) is 1.90. The van der Waals surface area contributed by atoms with E-state index in [1.165, 1.54) is 6.07 Å². The normalized spacial score (nSPS) is 11.4. The quantitative estimate of drug-likeness (QED) is 0.796. The Morgan fingerprint density at radius 2 is 1.95 bits per heavy atom. The Morgan fingerprint density at radius 3 is 2.50 bits per heavy atom. The molecule has 0 amide bonds. The van der Waals surface area contributed by atoms with E-state index in [0.29, 0.717) is 12.1 Å². The van der Waals surface area contributed by atoms with Crippen molar-refractivity contribution in [2.45, 2.75) is 19.5 Å². The Balaban J connectivity index is 2.24. The molecule has 4 heteroatoms. The van der Waals surface area contributed by atoms with Crippen LogP contribution in [0.25, 0.3) is 6.08 Å². The van der Waals surface area contributed by atoms with Gasteiger partial charge in [-0.25, -0.2) is 0 Å². The standard InChI is InChI=1S/C16H14F3N/c1-3-12-5-4-11(2)13(8-12)9-15-7-6-14(10-20-15)16(17,18)19/h3-8,10H,1,9H2,2H3. The monoisotopic (exact) mass is 277 g/mol. The highest BCUT2D eigenvalue weighted by Gasteiger charge is 2.30. The van der Waals surface area contributed by atoms with E-state index in [9.17, 15) is 13.2 Å². The maximum atomic E-state index is 12.5. The van der Waals surface area contributed by atoms with Crippen LogP contribution in [0.1, 0.15) is 27.9 Å². The second-order valence-corrected chi connectivity index (χ2v) is 4.60. The van der Waals surface area contributed by atoms with Gasteiger partial charge in [0.2, 0.25) is 0 Å². The predicted molar refractivity (Wildman–Crippen MR) is 73.3 cm³/mol. The number of aryl methyl sites for hydroxylation is 1. The smallest absolute Gasteiger partial charge is 0.260 e. The molecule has 0 radical (unpaired) electrons. The van der Waals surface area contributed by atoms with E-state index < -0.39 is 11.7 Å². The Bertz CT molecular complexity index is 613. The molecule has 0 aliphatic rings. The van der Waals surface area contributed by atoms with Crippen LogP contribution in [0.5, 0.6) is 0 Å². The van der Waals surface area contributed by atoms with Crippen LogP contribution in [0.3, 0.4) is 0 Å². The number of alkyl halides is 3. The van der Waals surface area contributed by atoms with E-state index in [1.54, 1.807) is 6.08 Å². The van der Waals surface area contributed by atoms with Crippen molar-refractivity contribution in [3.8, 4) is 0 Å². The van der Waals surface area contributed by atoms with E-state index >= 15 is 0 Å². The number of nitrogens with zero attached hydrogens (tertiary/aromatic N) is 1. The van der Waals surface area contributed by atoms with Gasteiger partial charge < -0.3 is 0 Å². The topological polar surface area (TPSA) is 12.9 Å². The zero-order valence-corrected chi connectivity index (χ0v) is 11.0. The van der Waals surface area contributed by atoms with Gasteiger partial charge in [-0.05, 0) is 35.7 Å². The Hall–Kier alpha value is -2.10. The first-order valence-corrected chi connectivity index (χ1v) is 6.14. The van der Waals surface area contributed by atoms with Gasteiger partial charge in [-0.3, -0.25) is 4.98 Å². The zero-order chi connectivity index (χ0) is 14.8. The molecule has 20 heavy (non-hydrogen) atoms. The molecule has 0 atom stereocenters. The van der Waals surface area contributed by atoms with Crippen LogP contribution in [-0.4, -0.2) is 4.98 Å². The lowest BCUT2D eigenvalue weighted by Crippen LogP contribution is -2.06. The van der Waals surface area contributed by atoms with Gasteiger partial charge in [0.05, 0.1) is 5.56 Å². The van der Waals surface area contributed by atoms with Crippen molar-refractivity contribution >= 4 is 6.08 Å². The van der Waals surface area contributed by atoms with Crippen LogP contribution in [0.2, 0.25) is 0 Å². The van der Waals surface area contributed by atoms with Crippen LogP contribution < -0.4 is 0 Å². The molecular formula is C16H14F3N. The van der Waals surface area contributed by atoms with E-state index in [1.807, 2.05) is 25.1 Å². The summed E-state index contributed by atoms with van der Waals surface area (Å²) in [6.07, 6.45) is -1.22. The zero-order valence-electron chi connectivity index (χ0n) is 11.0. The lowest BCUT2D eigenvalue weighted by atomic mass is 10.0. The van der Waals surface area contributed by atoms with E-state index in [0.717, 1.165) is 29.0 Å². The number of pyridine rings is 1. The van der Waals surface area contributed by atoms with Crippen LogP contribution in [0.4, 0.5) is 13.2 Å². The molecule has 0 unspecified atom stereocenters. The third kappa shape index (κ3) is 3.26. The van der Waals surface area contributed by atoms with Gasteiger partial charge in [0.1, 0.15) is 0 Å². The Morgan fingerprint density at radius 1 is 1.20 bits per heavy atom. The molecule has 0 spiro atoms. The number of rotatable bonds is 3. The molecule has 0 aliphatic heterocycles. The summed E-state index contributed by atoms with van der Waals surface area (Å²) in [5, 5.41) is 0. The highest BCUT2D eigenvalue weighted by atomic mass is 19.4. The molecule has 0 saturated carbocycles. The van der Waals surface area contributed by atoms with Crippen LogP contribution in [0.15, 0.2) is 43.1 Å². The molecular weight excluding hydrogens is 263 g/mol. The molecule has 0 N–H and O–H groups in total. The first-order valence-electron chi connectivity index (χ1n) is 6.14. The molecule has 104 valence electrons. The fraction of sp³-hybridized carbons (Fsp3) is 0.188. The summed E-state index contributed by atoms with van der Waals surface area (Å²) in [5.41, 5.74) is 2.99. The lowest BCUT2D eigenvalue weighted by molar-refractivity contribution is -0.137. The summed E-state index contributed by atoms with van der Waals surface area (Å²) in [6, 6.07) is 8.38. The van der Waals surface area contributed by atoms with Gasteiger partial charge in [0.15, 0.2) is 0 Å².